The highest BCUT2D eigenvalue weighted by Crippen LogP contribution is 2.33. The molecule has 1 amide bonds. The summed E-state index contributed by atoms with van der Waals surface area (Å²) in [6, 6.07) is 14.0. The van der Waals surface area contributed by atoms with Gasteiger partial charge < -0.3 is 19.5 Å². The summed E-state index contributed by atoms with van der Waals surface area (Å²) in [4.78, 5) is 14.8. The molecule has 0 spiro atoms. The smallest absolute Gasteiger partial charge is 0.234 e. The average Bonchev–Trinajstić information content (AvgIpc) is 2.77. The standard InChI is InChI=1S/C25H34N2O4/c1-3-29-22-13-7-6-11-20(22)17-27-18-21-12-10-14-23(30-4-2)25(21)31-16-9-5-8-15-26-24(28)19-27/h6-7,10-14H,3-5,8-9,15-19H2,1-2H3,(H,26,28). The van der Waals surface area contributed by atoms with E-state index in [0.717, 1.165) is 47.6 Å². The highest BCUT2D eigenvalue weighted by molar-refractivity contribution is 5.78. The summed E-state index contributed by atoms with van der Waals surface area (Å²) in [6.45, 7) is 7.94. The third-order valence-electron chi connectivity index (χ3n) is 5.18. The summed E-state index contributed by atoms with van der Waals surface area (Å²) < 4.78 is 17.8. The van der Waals surface area contributed by atoms with Crippen molar-refractivity contribution < 1.29 is 19.0 Å². The molecule has 0 saturated carbocycles. The van der Waals surface area contributed by atoms with Crippen molar-refractivity contribution in [3.05, 3.63) is 53.6 Å². The maximum atomic E-state index is 12.6. The van der Waals surface area contributed by atoms with Gasteiger partial charge in [0.05, 0.1) is 26.4 Å². The first-order valence-corrected chi connectivity index (χ1v) is 11.3. The quantitative estimate of drug-likeness (QED) is 0.751. The second-order valence-corrected chi connectivity index (χ2v) is 7.62. The lowest BCUT2D eigenvalue weighted by Crippen LogP contribution is -2.37. The van der Waals surface area contributed by atoms with E-state index in [0.29, 0.717) is 46.0 Å². The Hall–Kier alpha value is -2.73. The molecule has 6 nitrogen and oxygen atoms in total. The first kappa shape index (κ1) is 22.9. The lowest BCUT2D eigenvalue weighted by molar-refractivity contribution is -0.122. The summed E-state index contributed by atoms with van der Waals surface area (Å²) >= 11 is 0. The lowest BCUT2D eigenvalue weighted by Gasteiger charge is -2.25. The Bertz CT molecular complexity index is 840. The van der Waals surface area contributed by atoms with Crippen LogP contribution in [0.4, 0.5) is 0 Å². The van der Waals surface area contributed by atoms with Gasteiger partial charge in [0.2, 0.25) is 5.91 Å². The third kappa shape index (κ3) is 6.89. The molecule has 0 aliphatic carbocycles. The number of ether oxygens (including phenoxy) is 3. The van der Waals surface area contributed by atoms with Crippen LogP contribution in [0.3, 0.4) is 0 Å². The molecule has 0 bridgehead atoms. The van der Waals surface area contributed by atoms with Crippen LogP contribution < -0.4 is 19.5 Å². The molecule has 2 aromatic rings. The minimum absolute atomic E-state index is 0.0385. The predicted octanol–water partition coefficient (Wildman–Crippen LogP) is 4.17. The van der Waals surface area contributed by atoms with E-state index >= 15 is 0 Å². The van der Waals surface area contributed by atoms with Crippen molar-refractivity contribution in [1.29, 1.82) is 0 Å². The number of fused-ring (bicyclic) bond motifs is 1. The zero-order valence-electron chi connectivity index (χ0n) is 18.7. The molecule has 0 atom stereocenters. The van der Waals surface area contributed by atoms with Gasteiger partial charge >= 0.3 is 0 Å². The maximum absolute atomic E-state index is 12.6. The van der Waals surface area contributed by atoms with Gasteiger partial charge in [-0.2, -0.15) is 0 Å². The molecular formula is C25H34N2O4. The summed E-state index contributed by atoms with van der Waals surface area (Å²) in [6.07, 6.45) is 2.90. The Labute approximate surface area is 185 Å². The van der Waals surface area contributed by atoms with Gasteiger partial charge in [-0.15, -0.1) is 0 Å². The monoisotopic (exact) mass is 426 g/mol. The van der Waals surface area contributed by atoms with Gasteiger partial charge in [0.1, 0.15) is 5.75 Å². The number of carbonyl (C=O) groups excluding carboxylic acids is 1. The van der Waals surface area contributed by atoms with Gasteiger partial charge in [0, 0.05) is 30.8 Å². The van der Waals surface area contributed by atoms with Crippen molar-refractivity contribution in [2.24, 2.45) is 0 Å². The van der Waals surface area contributed by atoms with Crippen LogP contribution in [-0.4, -0.2) is 43.7 Å². The third-order valence-corrected chi connectivity index (χ3v) is 5.18. The maximum Gasteiger partial charge on any atom is 0.234 e. The molecule has 0 unspecified atom stereocenters. The van der Waals surface area contributed by atoms with E-state index in [-0.39, 0.29) is 5.91 Å². The SMILES string of the molecule is CCOc1ccccc1CN1CC(=O)NCCCCCOc2c(cccc2OCC)C1. The number of nitrogens with one attached hydrogen (secondary N) is 1. The fraction of sp³-hybridized carbons (Fsp3) is 0.480. The minimum Gasteiger partial charge on any atom is -0.494 e. The van der Waals surface area contributed by atoms with Crippen LogP contribution in [0.2, 0.25) is 0 Å². The Morgan fingerprint density at radius 2 is 1.71 bits per heavy atom. The van der Waals surface area contributed by atoms with Crippen molar-refractivity contribution in [2.75, 3.05) is 32.9 Å². The van der Waals surface area contributed by atoms with E-state index < -0.39 is 0 Å². The fourth-order valence-electron chi connectivity index (χ4n) is 3.76. The van der Waals surface area contributed by atoms with Crippen molar-refractivity contribution in [1.82, 2.24) is 10.2 Å². The molecule has 0 fully saturated rings. The summed E-state index contributed by atoms with van der Waals surface area (Å²) in [5.74, 6) is 2.44. The van der Waals surface area contributed by atoms with E-state index in [1.165, 1.54) is 0 Å². The first-order valence-electron chi connectivity index (χ1n) is 11.3. The molecule has 6 heteroatoms. The number of benzene rings is 2. The molecule has 1 N–H and O–H groups in total. The van der Waals surface area contributed by atoms with E-state index in [2.05, 4.69) is 22.3 Å². The predicted molar refractivity (Wildman–Crippen MR) is 122 cm³/mol. The molecule has 3 rings (SSSR count). The average molecular weight is 427 g/mol. The number of rotatable bonds is 6. The summed E-state index contributed by atoms with van der Waals surface area (Å²) in [5, 5.41) is 3.05. The fourth-order valence-corrected chi connectivity index (χ4v) is 3.76. The van der Waals surface area contributed by atoms with E-state index in [1.54, 1.807) is 0 Å². The number of hydrogen-bond acceptors (Lipinski definition) is 5. The van der Waals surface area contributed by atoms with Crippen LogP contribution in [0.25, 0.3) is 0 Å². The van der Waals surface area contributed by atoms with Gasteiger partial charge in [-0.25, -0.2) is 0 Å². The highest BCUT2D eigenvalue weighted by Gasteiger charge is 2.19. The molecule has 168 valence electrons. The van der Waals surface area contributed by atoms with Gasteiger partial charge in [-0.05, 0) is 45.2 Å². The lowest BCUT2D eigenvalue weighted by atomic mass is 10.1. The number of carbonyl (C=O) groups is 1. The van der Waals surface area contributed by atoms with Crippen molar-refractivity contribution in [2.45, 2.75) is 46.2 Å². The van der Waals surface area contributed by atoms with Crippen LogP contribution >= 0.6 is 0 Å². The van der Waals surface area contributed by atoms with E-state index in [1.807, 2.05) is 44.2 Å². The normalized spacial score (nSPS) is 16.0. The molecule has 1 aliphatic heterocycles. The molecule has 1 aliphatic rings. The topological polar surface area (TPSA) is 60.0 Å². The number of para-hydroxylation sites is 2. The molecular weight excluding hydrogens is 392 g/mol. The minimum atomic E-state index is 0.0385. The Morgan fingerprint density at radius 1 is 0.935 bits per heavy atom. The molecule has 0 aromatic heterocycles. The first-order chi connectivity index (χ1) is 15.2. The Morgan fingerprint density at radius 3 is 2.55 bits per heavy atom. The molecule has 1 heterocycles. The van der Waals surface area contributed by atoms with Gasteiger partial charge in [0.25, 0.3) is 0 Å². The molecule has 31 heavy (non-hydrogen) atoms. The van der Waals surface area contributed by atoms with Gasteiger partial charge in [0.15, 0.2) is 11.5 Å². The van der Waals surface area contributed by atoms with Gasteiger partial charge in [-0.3, -0.25) is 9.69 Å². The van der Waals surface area contributed by atoms with E-state index in [4.69, 9.17) is 14.2 Å². The summed E-state index contributed by atoms with van der Waals surface area (Å²) in [7, 11) is 0. The largest absolute Gasteiger partial charge is 0.494 e. The van der Waals surface area contributed by atoms with Crippen LogP contribution in [0.5, 0.6) is 17.2 Å². The molecule has 0 radical (unpaired) electrons. The van der Waals surface area contributed by atoms with Crippen LogP contribution in [0.1, 0.15) is 44.2 Å². The van der Waals surface area contributed by atoms with Crippen molar-refractivity contribution in [3.63, 3.8) is 0 Å². The summed E-state index contributed by atoms with van der Waals surface area (Å²) in [5.41, 5.74) is 2.08. The second kappa shape index (κ2) is 12.2. The highest BCUT2D eigenvalue weighted by atomic mass is 16.5. The Balaban J connectivity index is 1.90. The number of nitrogens with zero attached hydrogens (tertiary/aromatic N) is 1. The zero-order valence-corrected chi connectivity index (χ0v) is 18.7. The molecule has 0 saturated heterocycles. The Kier molecular flexibility index (Phi) is 9.03. The van der Waals surface area contributed by atoms with Crippen LogP contribution in [0.15, 0.2) is 42.5 Å². The second-order valence-electron chi connectivity index (χ2n) is 7.62. The number of hydrogen-bond donors (Lipinski definition) is 1. The van der Waals surface area contributed by atoms with Crippen LogP contribution in [-0.2, 0) is 17.9 Å². The van der Waals surface area contributed by atoms with Crippen molar-refractivity contribution >= 4 is 5.91 Å². The zero-order chi connectivity index (χ0) is 21.9. The van der Waals surface area contributed by atoms with Crippen LogP contribution in [0, 0.1) is 0 Å². The van der Waals surface area contributed by atoms with Crippen molar-refractivity contribution in [3.8, 4) is 17.2 Å². The number of amides is 1. The molecule has 2 aromatic carbocycles. The van der Waals surface area contributed by atoms with Gasteiger partial charge in [-0.1, -0.05) is 30.3 Å². The van der Waals surface area contributed by atoms with E-state index in [9.17, 15) is 4.79 Å².